The minimum Gasteiger partial charge on any atom is -0.466 e. The van der Waals surface area contributed by atoms with E-state index in [4.69, 9.17) is 4.74 Å². The highest BCUT2D eigenvalue weighted by Crippen LogP contribution is 2.47. The lowest BCUT2D eigenvalue weighted by atomic mass is 9.91. The van der Waals surface area contributed by atoms with Crippen molar-refractivity contribution in [2.75, 3.05) is 19.7 Å². The number of amides is 2. The molecular weight excluding hydrogens is 538 g/mol. The summed E-state index contributed by atoms with van der Waals surface area (Å²) in [6.45, 7) is 7.30. The fourth-order valence-corrected chi connectivity index (χ4v) is 6.82. The van der Waals surface area contributed by atoms with Crippen LogP contribution in [0.1, 0.15) is 67.6 Å². The molecule has 2 aliphatic rings. The van der Waals surface area contributed by atoms with Crippen molar-refractivity contribution in [3.63, 3.8) is 0 Å². The molecule has 0 saturated carbocycles. The third kappa shape index (κ3) is 5.33. The van der Waals surface area contributed by atoms with Crippen molar-refractivity contribution >= 4 is 28.7 Å². The van der Waals surface area contributed by atoms with Gasteiger partial charge in [0.25, 0.3) is 5.91 Å². The summed E-state index contributed by atoms with van der Waals surface area (Å²) >= 11 is 0. The Kier molecular flexibility index (Phi) is 8.06. The van der Waals surface area contributed by atoms with Gasteiger partial charge in [0.1, 0.15) is 6.04 Å². The number of piperidine rings is 1. The summed E-state index contributed by atoms with van der Waals surface area (Å²) in [5.74, 6) is -0.378. The number of carbonyl (C=O) groups is 3. The van der Waals surface area contributed by atoms with E-state index in [1.54, 1.807) is 0 Å². The van der Waals surface area contributed by atoms with Crippen LogP contribution in [0.25, 0.3) is 22.2 Å². The molecule has 2 unspecified atom stereocenters. The zero-order valence-electron chi connectivity index (χ0n) is 25.1. The van der Waals surface area contributed by atoms with E-state index in [1.165, 1.54) is 0 Å². The summed E-state index contributed by atoms with van der Waals surface area (Å²) in [7, 11) is 0. The largest absolute Gasteiger partial charge is 0.466 e. The summed E-state index contributed by atoms with van der Waals surface area (Å²) in [6, 6.07) is 25.0. The number of aromatic nitrogens is 1. The van der Waals surface area contributed by atoms with Gasteiger partial charge in [0.15, 0.2) is 0 Å². The average molecular weight is 578 g/mol. The molecule has 2 aliphatic heterocycles. The van der Waals surface area contributed by atoms with Crippen LogP contribution in [0.3, 0.4) is 0 Å². The van der Waals surface area contributed by atoms with Crippen LogP contribution in [-0.2, 0) is 14.3 Å². The Morgan fingerprint density at radius 2 is 1.60 bits per heavy atom. The average Bonchev–Trinajstić information content (AvgIpc) is 3.55. The van der Waals surface area contributed by atoms with Gasteiger partial charge in [-0.25, -0.2) is 0 Å². The topological polar surface area (TPSA) is 82.7 Å². The van der Waals surface area contributed by atoms with Gasteiger partial charge in [-0.3, -0.25) is 14.4 Å². The molecule has 2 atom stereocenters. The van der Waals surface area contributed by atoms with Crippen LogP contribution in [0.2, 0.25) is 0 Å². The number of H-pyrrole nitrogens is 1. The summed E-state index contributed by atoms with van der Waals surface area (Å²) in [5, 5.41) is 1.03. The molecule has 0 bridgehead atoms. The van der Waals surface area contributed by atoms with Crippen molar-refractivity contribution in [2.45, 2.75) is 52.1 Å². The van der Waals surface area contributed by atoms with Gasteiger partial charge in [-0.1, -0.05) is 80.6 Å². The quantitative estimate of drug-likeness (QED) is 0.239. The molecule has 1 fully saturated rings. The first kappa shape index (κ1) is 28.7. The highest BCUT2D eigenvalue weighted by Gasteiger charge is 2.47. The van der Waals surface area contributed by atoms with Gasteiger partial charge >= 0.3 is 5.97 Å². The molecule has 0 radical (unpaired) electrons. The fourth-order valence-electron chi connectivity index (χ4n) is 6.82. The van der Waals surface area contributed by atoms with Gasteiger partial charge in [-0.2, -0.15) is 0 Å². The maximum atomic E-state index is 14.5. The monoisotopic (exact) mass is 577 g/mol. The number of para-hydroxylation sites is 1. The van der Waals surface area contributed by atoms with E-state index in [1.807, 2.05) is 71.3 Å². The van der Waals surface area contributed by atoms with Crippen LogP contribution in [0, 0.1) is 11.8 Å². The lowest BCUT2D eigenvalue weighted by Gasteiger charge is -2.39. The minimum absolute atomic E-state index is 0.0525. The number of nitrogens with zero attached hydrogens (tertiary/aromatic N) is 2. The Morgan fingerprint density at radius 1 is 0.930 bits per heavy atom. The Balaban J connectivity index is 1.45. The van der Waals surface area contributed by atoms with Gasteiger partial charge in [0.2, 0.25) is 5.91 Å². The van der Waals surface area contributed by atoms with Gasteiger partial charge < -0.3 is 19.5 Å². The second kappa shape index (κ2) is 12.1. The van der Waals surface area contributed by atoms with E-state index in [2.05, 4.69) is 43.1 Å². The SMILES string of the molecule is CCOC(=O)C1CCN(C(=O)C(CC(C)C)N2C(=O)c3ccccc3C2c2c(-c3ccccc3)[nH]c3ccccc23)CC1. The molecule has 222 valence electrons. The van der Waals surface area contributed by atoms with Crippen LogP contribution >= 0.6 is 0 Å². The molecule has 3 aromatic carbocycles. The lowest BCUT2D eigenvalue weighted by Crippen LogP contribution is -2.53. The van der Waals surface area contributed by atoms with Crippen molar-refractivity contribution in [1.29, 1.82) is 0 Å². The summed E-state index contributed by atoms with van der Waals surface area (Å²) < 4.78 is 5.25. The molecule has 4 aromatic rings. The second-order valence-corrected chi connectivity index (χ2v) is 12.0. The third-order valence-corrected chi connectivity index (χ3v) is 8.82. The number of hydrogen-bond acceptors (Lipinski definition) is 4. The molecule has 0 spiro atoms. The van der Waals surface area contributed by atoms with Crippen molar-refractivity contribution < 1.29 is 19.1 Å². The Morgan fingerprint density at radius 3 is 2.33 bits per heavy atom. The molecule has 6 rings (SSSR count). The molecule has 0 aliphatic carbocycles. The second-order valence-electron chi connectivity index (χ2n) is 12.0. The maximum Gasteiger partial charge on any atom is 0.309 e. The highest BCUT2D eigenvalue weighted by molar-refractivity contribution is 6.04. The molecule has 7 heteroatoms. The van der Waals surface area contributed by atoms with Crippen molar-refractivity contribution in [2.24, 2.45) is 11.8 Å². The van der Waals surface area contributed by atoms with Crippen LogP contribution in [-0.4, -0.2) is 58.3 Å². The number of likely N-dealkylation sites (tertiary alicyclic amines) is 1. The predicted molar refractivity (Wildman–Crippen MR) is 167 cm³/mol. The summed E-state index contributed by atoms with van der Waals surface area (Å²) in [6.07, 6.45) is 1.67. The number of benzene rings is 3. The van der Waals surface area contributed by atoms with E-state index >= 15 is 0 Å². The molecule has 1 saturated heterocycles. The highest BCUT2D eigenvalue weighted by atomic mass is 16.5. The number of esters is 1. The number of rotatable bonds is 8. The van der Waals surface area contributed by atoms with Gasteiger partial charge in [0, 0.05) is 35.1 Å². The number of fused-ring (bicyclic) bond motifs is 2. The fraction of sp³-hybridized carbons (Fsp3) is 0.361. The van der Waals surface area contributed by atoms with Crippen LogP contribution in [0.15, 0.2) is 78.9 Å². The normalized spacial score (nSPS) is 17.9. The first-order valence-corrected chi connectivity index (χ1v) is 15.4. The molecular formula is C36H39N3O4. The van der Waals surface area contributed by atoms with Gasteiger partial charge in [0.05, 0.1) is 24.3 Å². The molecule has 2 amide bonds. The van der Waals surface area contributed by atoms with Gasteiger partial charge in [-0.05, 0) is 55.4 Å². The van der Waals surface area contributed by atoms with E-state index in [9.17, 15) is 14.4 Å². The molecule has 7 nitrogen and oxygen atoms in total. The van der Waals surface area contributed by atoms with Crippen molar-refractivity contribution in [3.05, 3.63) is 95.6 Å². The Bertz CT molecular complexity index is 1630. The minimum atomic E-state index is -0.652. The number of nitrogens with one attached hydrogen (secondary N) is 1. The molecule has 3 heterocycles. The number of carbonyl (C=O) groups excluding carboxylic acids is 3. The van der Waals surface area contributed by atoms with E-state index < -0.39 is 12.1 Å². The first-order chi connectivity index (χ1) is 20.9. The third-order valence-electron chi connectivity index (χ3n) is 8.82. The van der Waals surface area contributed by atoms with E-state index in [-0.39, 0.29) is 29.6 Å². The summed E-state index contributed by atoms with van der Waals surface area (Å²) in [4.78, 5) is 48.6. The molecule has 1 aromatic heterocycles. The Labute approximate surface area is 252 Å². The standard InChI is InChI=1S/C36H39N3O4/c1-4-43-36(42)25-18-20-38(21-19-25)35(41)30(22-23(2)3)39-33(26-14-8-9-15-27(26)34(39)40)31-28-16-10-11-17-29(28)37-32(31)24-12-6-5-7-13-24/h5-17,23,25,30,33,37H,4,18-22H2,1-3H3. The predicted octanol–water partition coefficient (Wildman–Crippen LogP) is 6.60. The van der Waals surface area contributed by atoms with E-state index in [0.717, 1.165) is 33.3 Å². The van der Waals surface area contributed by atoms with Crippen LogP contribution in [0.4, 0.5) is 0 Å². The first-order valence-electron chi connectivity index (χ1n) is 15.4. The van der Waals surface area contributed by atoms with Gasteiger partial charge in [-0.15, -0.1) is 0 Å². The molecule has 43 heavy (non-hydrogen) atoms. The number of hydrogen-bond donors (Lipinski definition) is 1. The van der Waals surface area contributed by atoms with E-state index in [0.29, 0.717) is 44.5 Å². The number of aromatic amines is 1. The van der Waals surface area contributed by atoms with Crippen LogP contribution in [0.5, 0.6) is 0 Å². The van der Waals surface area contributed by atoms with Crippen LogP contribution < -0.4 is 0 Å². The zero-order valence-corrected chi connectivity index (χ0v) is 25.1. The Hall–Kier alpha value is -4.39. The molecule has 1 N–H and O–H groups in total. The smallest absolute Gasteiger partial charge is 0.309 e. The van der Waals surface area contributed by atoms with Crippen molar-refractivity contribution in [1.82, 2.24) is 14.8 Å². The number of ether oxygens (including phenoxy) is 1. The lowest BCUT2D eigenvalue weighted by molar-refractivity contribution is -0.152. The maximum absolute atomic E-state index is 14.5. The zero-order chi connectivity index (χ0) is 30.1. The van der Waals surface area contributed by atoms with Crippen molar-refractivity contribution in [3.8, 4) is 11.3 Å². The summed E-state index contributed by atoms with van der Waals surface area (Å²) in [5.41, 5.74) is 5.52.